The molecule has 0 N–H and O–H groups in total. The predicted molar refractivity (Wildman–Crippen MR) is 84.9 cm³/mol. The number of nitrogens with zero attached hydrogens (tertiary/aromatic N) is 3. The molecule has 21 heavy (non-hydrogen) atoms. The van der Waals surface area contributed by atoms with Gasteiger partial charge in [0.1, 0.15) is 5.76 Å². The Morgan fingerprint density at radius 3 is 2.86 bits per heavy atom. The highest BCUT2D eigenvalue weighted by atomic mass is 32.2. The molecule has 0 bridgehead atoms. The monoisotopic (exact) mass is 303 g/mol. The zero-order chi connectivity index (χ0) is 14.7. The molecular formula is C15H17N3O2S. The van der Waals surface area contributed by atoms with Gasteiger partial charge in [0.15, 0.2) is 5.17 Å². The maximum absolute atomic E-state index is 11.9. The Kier molecular flexibility index (Phi) is 4.26. The average molecular weight is 303 g/mol. The summed E-state index contributed by atoms with van der Waals surface area (Å²) in [4.78, 5) is 21.2. The van der Waals surface area contributed by atoms with Crippen LogP contribution < -0.4 is 0 Å². The van der Waals surface area contributed by atoms with Crippen molar-refractivity contribution in [2.45, 2.75) is 0 Å². The van der Waals surface area contributed by atoms with E-state index in [0.29, 0.717) is 4.91 Å². The van der Waals surface area contributed by atoms with Crippen LogP contribution in [0.15, 0.2) is 44.9 Å². The molecular weight excluding hydrogens is 286 g/mol. The van der Waals surface area contributed by atoms with Crippen molar-refractivity contribution in [2.24, 2.45) is 4.99 Å². The number of amidine groups is 1. The van der Waals surface area contributed by atoms with E-state index in [1.807, 2.05) is 24.3 Å². The number of rotatable bonds is 2. The number of furan rings is 1. The molecule has 110 valence electrons. The molecule has 0 unspecified atom stereocenters. The van der Waals surface area contributed by atoms with E-state index in [1.54, 1.807) is 12.3 Å². The normalized spacial score (nSPS) is 22.5. The van der Waals surface area contributed by atoms with Crippen molar-refractivity contribution >= 4 is 28.9 Å². The molecule has 6 heteroatoms. The van der Waals surface area contributed by atoms with Crippen molar-refractivity contribution in [3.8, 4) is 0 Å². The number of thioether (sulfide) groups is 1. The fraction of sp³-hybridized carbons (Fsp3) is 0.333. The molecule has 0 atom stereocenters. The van der Waals surface area contributed by atoms with E-state index < -0.39 is 0 Å². The standard InChI is InChI=1S/C15H17N3O2S/c1-17-7-9-18(10-8-17)15-16-14(19)13(21-15)6-2-4-12-5-3-11-20-12/h2-6,11H,7-10H2,1H3/b4-2+,13-6-. The van der Waals surface area contributed by atoms with Gasteiger partial charge in [-0.1, -0.05) is 6.08 Å². The maximum Gasteiger partial charge on any atom is 0.286 e. The minimum Gasteiger partial charge on any atom is -0.465 e. The van der Waals surface area contributed by atoms with Crippen LogP contribution in [0.3, 0.4) is 0 Å². The van der Waals surface area contributed by atoms with E-state index >= 15 is 0 Å². The Bertz CT molecular complexity index is 596. The van der Waals surface area contributed by atoms with Crippen molar-refractivity contribution in [2.75, 3.05) is 33.2 Å². The average Bonchev–Trinajstić information content (AvgIpc) is 3.10. The summed E-state index contributed by atoms with van der Waals surface area (Å²) in [6, 6.07) is 3.70. The Labute approximate surface area is 128 Å². The number of likely N-dealkylation sites (N-methyl/N-ethyl adjacent to an activating group) is 1. The van der Waals surface area contributed by atoms with E-state index in [1.165, 1.54) is 11.8 Å². The predicted octanol–water partition coefficient (Wildman–Crippen LogP) is 2.05. The summed E-state index contributed by atoms with van der Waals surface area (Å²) in [5.41, 5.74) is 0. The van der Waals surface area contributed by atoms with Crippen molar-refractivity contribution < 1.29 is 9.21 Å². The van der Waals surface area contributed by atoms with Crippen molar-refractivity contribution in [1.82, 2.24) is 9.80 Å². The van der Waals surface area contributed by atoms with E-state index in [4.69, 9.17) is 4.42 Å². The second kappa shape index (κ2) is 6.32. The number of carbonyl (C=O) groups is 1. The molecule has 0 aliphatic carbocycles. The number of amides is 1. The van der Waals surface area contributed by atoms with Crippen molar-refractivity contribution in [1.29, 1.82) is 0 Å². The van der Waals surface area contributed by atoms with Crippen LogP contribution >= 0.6 is 11.8 Å². The van der Waals surface area contributed by atoms with Crippen LogP contribution in [0.4, 0.5) is 0 Å². The van der Waals surface area contributed by atoms with Gasteiger partial charge >= 0.3 is 0 Å². The van der Waals surface area contributed by atoms with Gasteiger partial charge in [-0.15, -0.1) is 0 Å². The van der Waals surface area contributed by atoms with Gasteiger partial charge in [-0.25, -0.2) is 0 Å². The highest BCUT2D eigenvalue weighted by Gasteiger charge is 2.27. The van der Waals surface area contributed by atoms with Crippen molar-refractivity contribution in [3.63, 3.8) is 0 Å². The van der Waals surface area contributed by atoms with Gasteiger partial charge in [0.2, 0.25) is 0 Å². The number of aliphatic imine (C=N–C) groups is 1. The largest absolute Gasteiger partial charge is 0.465 e. The smallest absolute Gasteiger partial charge is 0.286 e. The third-order valence-electron chi connectivity index (χ3n) is 3.43. The summed E-state index contributed by atoms with van der Waals surface area (Å²) in [6.45, 7) is 3.85. The number of allylic oxidation sites excluding steroid dienone is 2. The van der Waals surface area contributed by atoms with E-state index in [9.17, 15) is 4.79 Å². The summed E-state index contributed by atoms with van der Waals surface area (Å²) in [5.74, 6) is 0.612. The lowest BCUT2D eigenvalue weighted by Gasteiger charge is -2.32. The summed E-state index contributed by atoms with van der Waals surface area (Å²) in [5, 5.41) is 0.825. The lowest BCUT2D eigenvalue weighted by Crippen LogP contribution is -2.46. The molecule has 0 radical (unpaired) electrons. The molecule has 3 rings (SSSR count). The highest BCUT2D eigenvalue weighted by Crippen LogP contribution is 2.28. The van der Waals surface area contributed by atoms with Crippen molar-refractivity contribution in [3.05, 3.63) is 41.2 Å². The molecule has 0 spiro atoms. The minimum absolute atomic E-state index is 0.155. The third kappa shape index (κ3) is 3.46. The summed E-state index contributed by atoms with van der Waals surface area (Å²) < 4.78 is 5.20. The molecule has 2 aliphatic heterocycles. The van der Waals surface area contributed by atoms with Gasteiger partial charge in [-0.05, 0) is 43.1 Å². The Morgan fingerprint density at radius 2 is 2.14 bits per heavy atom. The van der Waals surface area contributed by atoms with Crippen LogP contribution in [0.1, 0.15) is 5.76 Å². The molecule has 2 aliphatic rings. The van der Waals surface area contributed by atoms with Crippen LogP contribution in [0.25, 0.3) is 6.08 Å². The molecule has 0 saturated carbocycles. The minimum atomic E-state index is -0.155. The fourth-order valence-corrected chi connectivity index (χ4v) is 3.08. The number of carbonyl (C=O) groups excluding carboxylic acids is 1. The van der Waals surface area contributed by atoms with E-state index in [2.05, 4.69) is 21.8 Å². The zero-order valence-corrected chi connectivity index (χ0v) is 12.7. The van der Waals surface area contributed by atoms with Crippen LogP contribution in [0.2, 0.25) is 0 Å². The lowest BCUT2D eigenvalue weighted by molar-refractivity contribution is -0.113. The Morgan fingerprint density at radius 1 is 1.33 bits per heavy atom. The highest BCUT2D eigenvalue weighted by molar-refractivity contribution is 8.18. The van der Waals surface area contributed by atoms with Gasteiger partial charge in [0.25, 0.3) is 5.91 Å². The number of hydrogen-bond donors (Lipinski definition) is 0. The molecule has 1 aromatic heterocycles. The summed E-state index contributed by atoms with van der Waals surface area (Å²) >= 11 is 1.45. The first-order valence-corrected chi connectivity index (χ1v) is 7.70. The van der Waals surface area contributed by atoms with E-state index in [-0.39, 0.29) is 5.91 Å². The van der Waals surface area contributed by atoms with E-state index in [0.717, 1.165) is 37.1 Å². The third-order valence-corrected chi connectivity index (χ3v) is 4.50. The zero-order valence-electron chi connectivity index (χ0n) is 11.9. The van der Waals surface area contributed by atoms with Crippen LogP contribution in [-0.2, 0) is 4.79 Å². The van der Waals surface area contributed by atoms with Gasteiger partial charge in [-0.3, -0.25) is 4.79 Å². The molecule has 3 heterocycles. The second-order valence-electron chi connectivity index (χ2n) is 5.00. The van der Waals surface area contributed by atoms with Crippen LogP contribution in [-0.4, -0.2) is 54.1 Å². The molecule has 0 aromatic carbocycles. The first-order chi connectivity index (χ1) is 10.2. The van der Waals surface area contributed by atoms with Gasteiger partial charge in [0, 0.05) is 26.2 Å². The molecule has 5 nitrogen and oxygen atoms in total. The SMILES string of the molecule is CN1CCN(C2=NC(=O)/C(=C/C=C/c3ccco3)S2)CC1. The van der Waals surface area contributed by atoms with Crippen LogP contribution in [0.5, 0.6) is 0 Å². The second-order valence-corrected chi connectivity index (χ2v) is 6.01. The Balaban J connectivity index is 1.62. The quantitative estimate of drug-likeness (QED) is 0.783. The summed E-state index contributed by atoms with van der Waals surface area (Å²) in [6.07, 6.45) is 7.06. The first-order valence-electron chi connectivity index (χ1n) is 6.88. The number of hydrogen-bond acceptors (Lipinski definition) is 5. The molecule has 1 saturated heterocycles. The fourth-order valence-electron chi connectivity index (χ4n) is 2.16. The van der Waals surface area contributed by atoms with Crippen LogP contribution in [0, 0.1) is 0 Å². The lowest BCUT2D eigenvalue weighted by atomic mass is 10.3. The van der Waals surface area contributed by atoms with Gasteiger partial charge < -0.3 is 14.2 Å². The van der Waals surface area contributed by atoms with Gasteiger partial charge in [0.05, 0.1) is 11.2 Å². The first kappa shape index (κ1) is 14.2. The summed E-state index contributed by atoms with van der Waals surface area (Å²) in [7, 11) is 2.11. The van der Waals surface area contributed by atoms with Gasteiger partial charge in [-0.2, -0.15) is 4.99 Å². The molecule has 1 fully saturated rings. The maximum atomic E-state index is 11.9. The number of piperazine rings is 1. The molecule has 1 aromatic rings. The Hall–Kier alpha value is -1.79. The topological polar surface area (TPSA) is 49.0 Å². The molecule has 1 amide bonds.